The van der Waals surface area contributed by atoms with Gasteiger partial charge < -0.3 is 0 Å². The maximum Gasteiger partial charge on any atom is 0.153 e. The van der Waals surface area contributed by atoms with Crippen LogP contribution in [0.4, 0.5) is 0 Å². The van der Waals surface area contributed by atoms with Gasteiger partial charge in [-0.3, -0.25) is 9.38 Å². The Balaban J connectivity index is 1.44. The highest BCUT2D eigenvalue weighted by atomic mass is 15.3. The van der Waals surface area contributed by atoms with E-state index in [-0.39, 0.29) is 0 Å². The molecular formula is C34H25N7. The molecule has 6 heterocycles. The predicted octanol–water partition coefficient (Wildman–Crippen LogP) is 7.16. The zero-order chi connectivity index (χ0) is 27.6. The Kier molecular flexibility index (Phi) is 5.03. The molecular weight excluding hydrogens is 506 g/mol. The third kappa shape index (κ3) is 3.55. The van der Waals surface area contributed by atoms with Crippen LogP contribution in [-0.4, -0.2) is 34.1 Å². The van der Waals surface area contributed by atoms with Gasteiger partial charge in [-0.25, -0.2) is 19.6 Å². The number of rotatable bonds is 4. The highest BCUT2D eigenvalue weighted by Gasteiger charge is 2.28. The molecule has 0 fully saturated rings. The number of aromatic nitrogens is 7. The molecule has 0 spiro atoms. The van der Waals surface area contributed by atoms with Crippen LogP contribution in [0.15, 0.2) is 116 Å². The Hall–Kier alpha value is -5.43. The molecule has 2 aromatic carbocycles. The Labute approximate surface area is 235 Å². The average Bonchev–Trinajstić information content (AvgIpc) is 3.70. The maximum atomic E-state index is 5.34. The van der Waals surface area contributed by atoms with Crippen LogP contribution in [0.3, 0.4) is 0 Å². The number of para-hydroxylation sites is 2. The number of fused-ring (bicyclic) bond motifs is 8. The van der Waals surface area contributed by atoms with Crippen LogP contribution in [0.2, 0.25) is 0 Å². The Morgan fingerprint density at radius 2 is 1.46 bits per heavy atom. The monoisotopic (exact) mass is 531 g/mol. The smallest absolute Gasteiger partial charge is 0.153 e. The van der Waals surface area contributed by atoms with Gasteiger partial charge in [-0.05, 0) is 73.5 Å². The first-order valence-electron chi connectivity index (χ1n) is 13.6. The molecule has 0 radical (unpaired) electrons. The molecule has 0 unspecified atom stereocenters. The summed E-state index contributed by atoms with van der Waals surface area (Å²) in [6.07, 6.45) is 5.53. The predicted molar refractivity (Wildman–Crippen MR) is 162 cm³/mol. The lowest BCUT2D eigenvalue weighted by Gasteiger charge is -2.25. The largest absolute Gasteiger partial charge is 0.290 e. The van der Waals surface area contributed by atoms with Gasteiger partial charge in [0.25, 0.3) is 0 Å². The van der Waals surface area contributed by atoms with Crippen molar-refractivity contribution in [2.75, 3.05) is 0 Å². The van der Waals surface area contributed by atoms with E-state index in [4.69, 9.17) is 19.9 Å². The number of benzene rings is 2. The van der Waals surface area contributed by atoms with E-state index in [0.29, 0.717) is 0 Å². The molecule has 7 heteroatoms. The van der Waals surface area contributed by atoms with E-state index in [9.17, 15) is 0 Å². The lowest BCUT2D eigenvalue weighted by Crippen LogP contribution is -2.23. The zero-order valence-corrected chi connectivity index (χ0v) is 22.6. The molecule has 8 aromatic rings. The molecule has 0 N–H and O–H groups in total. The summed E-state index contributed by atoms with van der Waals surface area (Å²) in [5.41, 5.74) is 9.03. The molecule has 0 bridgehead atoms. The zero-order valence-electron chi connectivity index (χ0n) is 22.6. The van der Waals surface area contributed by atoms with Crippen LogP contribution in [0.25, 0.3) is 55.6 Å². The number of hydrogen-bond acceptors (Lipinski definition) is 5. The van der Waals surface area contributed by atoms with Crippen molar-refractivity contribution in [1.29, 1.82) is 0 Å². The molecule has 0 aliphatic heterocycles. The van der Waals surface area contributed by atoms with E-state index >= 15 is 0 Å². The summed E-state index contributed by atoms with van der Waals surface area (Å²) in [5, 5.41) is 5.35. The minimum absolute atomic E-state index is 0.479. The van der Waals surface area contributed by atoms with Crippen molar-refractivity contribution in [3.8, 4) is 16.9 Å². The second-order valence-electron chi connectivity index (χ2n) is 10.7. The van der Waals surface area contributed by atoms with Crippen LogP contribution in [-0.2, 0) is 5.41 Å². The molecule has 8 rings (SSSR count). The minimum atomic E-state index is -0.479. The summed E-state index contributed by atoms with van der Waals surface area (Å²) in [6, 6.07) is 32.9. The number of nitrogens with zero attached hydrogens (tertiary/aromatic N) is 7. The van der Waals surface area contributed by atoms with Gasteiger partial charge in [0, 0.05) is 24.0 Å². The SMILES string of the molecule is CC(C)(c1cccc(-n2cccn2)n1)c1ccc2c(n1)c1nccc(-c3ccccc3)c1c1nc3ccccc3n21. The van der Waals surface area contributed by atoms with Crippen molar-refractivity contribution < 1.29 is 0 Å². The molecule has 0 aliphatic rings. The highest BCUT2D eigenvalue weighted by molar-refractivity contribution is 6.15. The third-order valence-electron chi connectivity index (χ3n) is 7.91. The van der Waals surface area contributed by atoms with Crippen molar-refractivity contribution in [2.45, 2.75) is 19.3 Å². The molecule has 0 amide bonds. The van der Waals surface area contributed by atoms with Gasteiger partial charge in [0.15, 0.2) is 5.82 Å². The van der Waals surface area contributed by atoms with Crippen molar-refractivity contribution in [2.24, 2.45) is 0 Å². The second kappa shape index (κ2) is 8.79. The van der Waals surface area contributed by atoms with E-state index in [1.54, 1.807) is 10.9 Å². The van der Waals surface area contributed by atoms with E-state index in [1.165, 1.54) is 0 Å². The summed E-state index contributed by atoms with van der Waals surface area (Å²) in [4.78, 5) is 20.3. The van der Waals surface area contributed by atoms with Gasteiger partial charge in [-0.2, -0.15) is 5.10 Å². The first-order valence-corrected chi connectivity index (χ1v) is 13.6. The first kappa shape index (κ1) is 23.5. The van der Waals surface area contributed by atoms with E-state index in [2.05, 4.69) is 90.1 Å². The number of hydrogen-bond donors (Lipinski definition) is 0. The van der Waals surface area contributed by atoms with Crippen LogP contribution >= 0.6 is 0 Å². The van der Waals surface area contributed by atoms with Crippen molar-refractivity contribution >= 4 is 38.6 Å². The maximum absolute atomic E-state index is 5.34. The third-order valence-corrected chi connectivity index (χ3v) is 7.91. The molecule has 7 nitrogen and oxygen atoms in total. The lowest BCUT2D eigenvalue weighted by atomic mass is 9.84. The average molecular weight is 532 g/mol. The van der Waals surface area contributed by atoms with Crippen LogP contribution < -0.4 is 0 Å². The Morgan fingerprint density at radius 3 is 2.32 bits per heavy atom. The summed E-state index contributed by atoms with van der Waals surface area (Å²) in [6.45, 7) is 4.32. The molecule has 6 aromatic heterocycles. The topological polar surface area (TPSA) is 73.8 Å². The van der Waals surface area contributed by atoms with Gasteiger partial charge in [0.05, 0.1) is 33.3 Å². The van der Waals surface area contributed by atoms with E-state index < -0.39 is 5.41 Å². The van der Waals surface area contributed by atoms with Gasteiger partial charge in [-0.1, -0.05) is 48.5 Å². The fourth-order valence-corrected chi connectivity index (χ4v) is 5.75. The molecule has 0 aliphatic carbocycles. The van der Waals surface area contributed by atoms with Crippen LogP contribution in [0, 0.1) is 0 Å². The standard InChI is InChI=1S/C34H25N7/c1-34(2,27-14-8-15-29(38-27)40-21-9-19-36-40)28-17-16-26-31(39-28)32-30(23(18-20-35-32)22-10-4-3-5-11-22)33-37-24-12-6-7-13-25(24)41(26)33/h3-21H,1-2H3. The number of pyridine rings is 4. The van der Waals surface area contributed by atoms with Gasteiger partial charge in [0.1, 0.15) is 16.7 Å². The molecule has 41 heavy (non-hydrogen) atoms. The molecule has 0 atom stereocenters. The van der Waals surface area contributed by atoms with Crippen LogP contribution in [0.5, 0.6) is 0 Å². The van der Waals surface area contributed by atoms with E-state index in [1.807, 2.05) is 42.7 Å². The summed E-state index contributed by atoms with van der Waals surface area (Å²) >= 11 is 0. The van der Waals surface area contributed by atoms with Crippen molar-refractivity contribution in [3.05, 3.63) is 127 Å². The van der Waals surface area contributed by atoms with Crippen molar-refractivity contribution in [1.82, 2.24) is 34.1 Å². The lowest BCUT2D eigenvalue weighted by molar-refractivity contribution is 0.594. The molecule has 0 saturated heterocycles. The summed E-state index contributed by atoms with van der Waals surface area (Å²) < 4.78 is 4.00. The second-order valence-corrected chi connectivity index (χ2v) is 10.7. The van der Waals surface area contributed by atoms with Gasteiger partial charge >= 0.3 is 0 Å². The first-order chi connectivity index (χ1) is 20.1. The fourth-order valence-electron chi connectivity index (χ4n) is 5.75. The van der Waals surface area contributed by atoms with Gasteiger partial charge in [0.2, 0.25) is 0 Å². The highest BCUT2D eigenvalue weighted by Crippen LogP contribution is 2.38. The summed E-state index contributed by atoms with van der Waals surface area (Å²) in [5.74, 6) is 0.771. The number of imidazole rings is 1. The van der Waals surface area contributed by atoms with E-state index in [0.717, 1.165) is 66.9 Å². The molecule has 0 saturated carbocycles. The summed E-state index contributed by atoms with van der Waals surface area (Å²) in [7, 11) is 0. The Bertz CT molecular complexity index is 2230. The van der Waals surface area contributed by atoms with Crippen molar-refractivity contribution in [3.63, 3.8) is 0 Å². The van der Waals surface area contributed by atoms with Gasteiger partial charge in [-0.15, -0.1) is 0 Å². The Morgan fingerprint density at radius 1 is 0.634 bits per heavy atom. The quantitative estimate of drug-likeness (QED) is 0.225. The normalized spacial score (nSPS) is 12.1. The molecule has 196 valence electrons. The minimum Gasteiger partial charge on any atom is -0.290 e. The fraction of sp³-hybridized carbons (Fsp3) is 0.0882. The van der Waals surface area contributed by atoms with Crippen LogP contribution in [0.1, 0.15) is 25.2 Å².